The second-order valence-corrected chi connectivity index (χ2v) is 19.8. The number of hydrogen-bond acceptors (Lipinski definition) is 13. The number of hydrogen-bond donors (Lipinski definition) is 12. The predicted molar refractivity (Wildman–Crippen MR) is 289 cm³/mol. The number of fused-ring (bicyclic) bond motifs is 2. The molecule has 12 N–H and O–H groups in total. The molecule has 0 unspecified atom stereocenters. The lowest BCUT2D eigenvalue weighted by Crippen LogP contribution is -2.31. The quantitative estimate of drug-likeness (QED) is 0.0265. The summed E-state index contributed by atoms with van der Waals surface area (Å²) in [7, 11) is 0. The van der Waals surface area contributed by atoms with E-state index in [0.29, 0.717) is 46.5 Å². The molecule has 0 spiro atoms. The van der Waals surface area contributed by atoms with Crippen molar-refractivity contribution in [3.63, 3.8) is 0 Å². The Kier molecular flexibility index (Phi) is 20.0. The Hall–Kier alpha value is -8.17. The summed E-state index contributed by atoms with van der Waals surface area (Å²) in [5.74, 6) is -4.90. The molecule has 4 aromatic rings. The number of carboxylic acid groups (broad SMARTS) is 4. The van der Waals surface area contributed by atoms with E-state index in [9.17, 15) is 39.0 Å². The van der Waals surface area contributed by atoms with Crippen molar-refractivity contribution in [1.29, 1.82) is 0 Å². The molecule has 0 bridgehead atoms. The second-order valence-electron chi connectivity index (χ2n) is 19.8. The van der Waals surface area contributed by atoms with Crippen molar-refractivity contribution in [2.45, 2.75) is 90.6 Å². The first-order valence-corrected chi connectivity index (χ1v) is 25.2. The van der Waals surface area contributed by atoms with Crippen LogP contribution in [0.15, 0.2) is 109 Å². The van der Waals surface area contributed by atoms with Gasteiger partial charge in [-0.3, -0.25) is 28.8 Å². The summed E-state index contributed by atoms with van der Waals surface area (Å²) in [6, 6.07) is 22.9. The number of carbonyl (C=O) groups excluding carboxylic acids is 2. The van der Waals surface area contributed by atoms with E-state index in [1.165, 1.54) is 0 Å². The average Bonchev–Trinajstić information content (AvgIpc) is 3.81. The number of phenolic OH excluding ortho intramolecular Hbond substituents is 2. The van der Waals surface area contributed by atoms with E-state index < -0.39 is 34.7 Å². The third-order valence-electron chi connectivity index (χ3n) is 13.5. The number of nitrogens with one attached hydrogen (secondary N) is 6. The predicted octanol–water partition coefficient (Wildman–Crippen LogP) is 4.38. The van der Waals surface area contributed by atoms with Crippen LogP contribution in [-0.4, -0.2) is 116 Å². The smallest absolute Gasteiger partial charge is 0.317 e. The minimum Gasteiger partial charge on any atom is -0.507 e. The van der Waals surface area contributed by atoms with E-state index in [-0.39, 0.29) is 102 Å². The third-order valence-corrected chi connectivity index (χ3v) is 13.5. The summed E-state index contributed by atoms with van der Waals surface area (Å²) in [5.41, 5.74) is 8.27. The van der Waals surface area contributed by atoms with Crippen LogP contribution in [0.2, 0.25) is 0 Å². The van der Waals surface area contributed by atoms with Gasteiger partial charge in [-0.05, 0) is 66.9 Å². The Balaban J connectivity index is 1.14. The number of amides is 2. The lowest BCUT2D eigenvalue weighted by atomic mass is 9.81. The number of para-hydroxylation sites is 2. The lowest BCUT2D eigenvalue weighted by Gasteiger charge is -2.27. The third kappa shape index (κ3) is 15.5. The first kappa shape index (κ1) is 58.1. The Morgan fingerprint density at radius 1 is 0.545 bits per heavy atom. The topological polar surface area (TPSA) is 302 Å². The monoisotopic (exact) mass is 1060 g/mol. The van der Waals surface area contributed by atoms with Crippen molar-refractivity contribution >= 4 is 52.8 Å². The van der Waals surface area contributed by atoms with Crippen LogP contribution in [0.3, 0.4) is 0 Å². The first-order valence-electron chi connectivity index (χ1n) is 25.2. The van der Waals surface area contributed by atoms with Crippen LogP contribution in [0.4, 0.5) is 11.4 Å². The van der Waals surface area contributed by atoms with Crippen molar-refractivity contribution in [2.24, 2.45) is 0 Å². The molecule has 0 saturated carbocycles. The molecule has 6 rings (SSSR count). The molecule has 2 aliphatic heterocycles. The molecule has 0 saturated heterocycles. The number of carbonyl (C=O) groups is 6. The maximum absolute atomic E-state index is 13.5. The number of nitrogens with zero attached hydrogens (tertiary/aromatic N) is 2. The van der Waals surface area contributed by atoms with Crippen LogP contribution >= 0.6 is 0 Å². The van der Waals surface area contributed by atoms with E-state index in [1.54, 1.807) is 24.3 Å². The maximum Gasteiger partial charge on any atom is 0.317 e. The molecule has 0 fully saturated rings. The summed E-state index contributed by atoms with van der Waals surface area (Å²) >= 11 is 0. The van der Waals surface area contributed by atoms with E-state index in [1.807, 2.05) is 54.6 Å². The molecule has 408 valence electrons. The molecule has 2 heterocycles. The first-order chi connectivity index (χ1) is 36.7. The number of aromatic hydroxyl groups is 2. The summed E-state index contributed by atoms with van der Waals surface area (Å²) in [6.45, 7) is 8.35. The van der Waals surface area contributed by atoms with E-state index in [0.717, 1.165) is 33.9 Å². The van der Waals surface area contributed by atoms with Crippen molar-refractivity contribution in [2.75, 3.05) is 44.2 Å². The second kappa shape index (κ2) is 26.5. The summed E-state index contributed by atoms with van der Waals surface area (Å²) in [6.07, 6.45) is 10.3. The average molecular weight is 1060 g/mol. The molecule has 0 aromatic heterocycles. The standard InChI is InChI=1S/C57H68N8O12/c1-56(2)42-12-8-10-14-44(42)64(20-18-48(66)62-26-36-22-38(28-58-32-50(68)69)54(76)39(23-36)29-59-33-51(70)71)46(56)16-6-5-7-17-47-57(3,4)43-13-9-11-15-45(43)65(47)21-19-49(67)63-27-37-24-40(30-60-34-52(72)73)55(77)41(25-37)31-61-35-53(74)75/h5-17,22-25,58-61H,18-21,26-35H2,1-4H3,(H7-,62,63,66,67,68,69,70,71,72,73,74,75,76,77)/p+1. The van der Waals surface area contributed by atoms with Crippen molar-refractivity contribution in [1.82, 2.24) is 31.9 Å². The molecule has 20 nitrogen and oxygen atoms in total. The molecule has 4 aromatic carbocycles. The number of benzene rings is 4. The molecule has 2 aliphatic rings. The SMILES string of the molecule is CC1(C)C(=CC=CC=CC2=[N+](CCC(=O)NCc3cc(CNCC(=O)O)c(O)c(CNCC(=O)O)c3)c3ccccc3C2(C)C)N(CCC(=O)NCc2cc(CNCC(=O)O)c(O)c(CNCC(=O)O)c2)c2ccccc21. The van der Waals surface area contributed by atoms with Crippen LogP contribution in [-0.2, 0) is 78.9 Å². The molecular weight excluding hydrogens is 989 g/mol. The molecule has 20 heteroatoms. The maximum atomic E-state index is 13.5. The number of phenols is 2. The van der Waals surface area contributed by atoms with Crippen molar-refractivity contribution in [3.8, 4) is 11.5 Å². The van der Waals surface area contributed by atoms with E-state index >= 15 is 0 Å². The largest absolute Gasteiger partial charge is 0.507 e. The van der Waals surface area contributed by atoms with E-state index in [4.69, 9.17) is 20.4 Å². The van der Waals surface area contributed by atoms with Crippen LogP contribution in [0.1, 0.15) is 85.0 Å². The van der Waals surface area contributed by atoms with Crippen LogP contribution < -0.4 is 36.8 Å². The highest BCUT2D eigenvalue weighted by Crippen LogP contribution is 2.47. The Morgan fingerprint density at radius 2 is 0.987 bits per heavy atom. The minimum absolute atomic E-state index is 0.0369. The van der Waals surface area contributed by atoms with Gasteiger partial charge < -0.3 is 67.4 Å². The Morgan fingerprint density at radius 3 is 1.47 bits per heavy atom. The molecule has 0 radical (unpaired) electrons. The number of rotatable bonds is 29. The van der Waals surface area contributed by atoms with Gasteiger partial charge >= 0.3 is 23.9 Å². The fourth-order valence-corrected chi connectivity index (χ4v) is 9.75. The zero-order valence-electron chi connectivity index (χ0n) is 43.7. The Labute approximate surface area is 446 Å². The van der Waals surface area contributed by atoms with Gasteiger partial charge in [-0.25, -0.2) is 0 Å². The highest BCUT2D eigenvalue weighted by molar-refractivity contribution is 6.03. The number of allylic oxidation sites excluding steroid dienone is 6. The molecule has 0 atom stereocenters. The number of aliphatic carboxylic acids is 4. The summed E-state index contributed by atoms with van der Waals surface area (Å²) in [4.78, 5) is 73.6. The van der Waals surface area contributed by atoms with Gasteiger partial charge in [0.25, 0.3) is 0 Å². The van der Waals surface area contributed by atoms with Gasteiger partial charge in [-0.15, -0.1) is 0 Å². The fourth-order valence-electron chi connectivity index (χ4n) is 9.75. The molecular formula is C57H69N8O12+. The zero-order valence-corrected chi connectivity index (χ0v) is 43.7. The normalized spacial score (nSPS) is 14.8. The van der Waals surface area contributed by atoms with Gasteiger partial charge in [0.2, 0.25) is 17.5 Å². The highest BCUT2D eigenvalue weighted by Gasteiger charge is 2.44. The van der Waals surface area contributed by atoms with Gasteiger partial charge in [0.05, 0.1) is 38.0 Å². The van der Waals surface area contributed by atoms with Crippen molar-refractivity contribution in [3.05, 3.63) is 153 Å². The van der Waals surface area contributed by atoms with Gasteiger partial charge in [0, 0.05) is 109 Å². The van der Waals surface area contributed by atoms with Gasteiger partial charge in [-0.1, -0.05) is 68.5 Å². The van der Waals surface area contributed by atoms with Crippen LogP contribution in [0.5, 0.6) is 11.5 Å². The minimum atomic E-state index is -1.07. The summed E-state index contributed by atoms with van der Waals surface area (Å²) < 4.78 is 2.15. The van der Waals surface area contributed by atoms with Crippen LogP contribution in [0.25, 0.3) is 0 Å². The van der Waals surface area contributed by atoms with Gasteiger partial charge in [0.15, 0.2) is 12.3 Å². The number of carboxylic acids is 4. The lowest BCUT2D eigenvalue weighted by molar-refractivity contribution is -0.436. The van der Waals surface area contributed by atoms with Gasteiger partial charge in [0.1, 0.15) is 11.5 Å². The Bertz CT molecular complexity index is 2910. The van der Waals surface area contributed by atoms with Crippen LogP contribution in [0, 0.1) is 0 Å². The van der Waals surface area contributed by atoms with E-state index in [2.05, 4.69) is 93.4 Å². The van der Waals surface area contributed by atoms with Crippen molar-refractivity contribution < 1.29 is 64.0 Å². The summed E-state index contributed by atoms with van der Waals surface area (Å²) in [5, 5.41) is 75.1. The fraction of sp³-hybridized carbons (Fsp3) is 0.351. The molecule has 77 heavy (non-hydrogen) atoms. The zero-order chi connectivity index (χ0) is 55.9. The van der Waals surface area contributed by atoms with Gasteiger partial charge in [-0.2, -0.15) is 4.58 Å². The number of anilines is 1. The molecule has 0 aliphatic carbocycles. The molecule has 2 amide bonds. The highest BCUT2D eigenvalue weighted by atomic mass is 16.4.